The van der Waals surface area contributed by atoms with E-state index in [1.807, 2.05) is 22.6 Å². The van der Waals surface area contributed by atoms with Crippen molar-refractivity contribution in [2.75, 3.05) is 14.1 Å². The van der Waals surface area contributed by atoms with Gasteiger partial charge in [0, 0.05) is 11.8 Å². The fourth-order valence-corrected chi connectivity index (χ4v) is 0. The van der Waals surface area contributed by atoms with Gasteiger partial charge < -0.3 is 12.9 Å². The van der Waals surface area contributed by atoms with Crippen LogP contribution in [0.3, 0.4) is 0 Å². The van der Waals surface area contributed by atoms with Crippen LogP contribution >= 0.6 is 34.8 Å². The Hall–Kier alpha value is 2.44. The summed E-state index contributed by atoms with van der Waals surface area (Å²) < 4.78 is 1.55. The van der Waals surface area contributed by atoms with Crippen molar-refractivity contribution in [1.82, 2.24) is 0 Å². The second-order valence-electron chi connectivity index (χ2n) is 0.0891. The molecule has 0 aliphatic rings. The van der Waals surface area contributed by atoms with Crippen molar-refractivity contribution in [2.24, 2.45) is 11.5 Å². The number of hydrogen-bond donors (Lipinski definition) is 2. The molecule has 0 fully saturated rings. The molecule has 6 heteroatoms. The van der Waals surface area contributed by atoms with Crippen molar-refractivity contribution in [3.05, 3.63) is 0 Å². The molecule has 0 saturated carbocycles. The van der Waals surface area contributed by atoms with E-state index >= 15 is 0 Å². The Balaban J connectivity index is -0.00000000536. The van der Waals surface area contributed by atoms with E-state index in [0.29, 0.717) is 0 Å². The summed E-state index contributed by atoms with van der Waals surface area (Å²) in [6.07, 6.45) is 0. The van der Waals surface area contributed by atoms with Crippen LogP contribution in [0.25, 0.3) is 0 Å². The van der Waals surface area contributed by atoms with E-state index in [4.69, 9.17) is 0 Å². The van der Waals surface area contributed by atoms with Crippen LogP contribution in [0.5, 0.6) is 0 Å². The molecule has 0 aliphatic carbocycles. The summed E-state index contributed by atoms with van der Waals surface area (Å²) in [6.45, 7) is 0. The summed E-state index contributed by atoms with van der Waals surface area (Å²) in [5, 5.41) is 0. The van der Waals surface area contributed by atoms with Gasteiger partial charge in [-0.2, -0.15) is 0 Å². The summed E-state index contributed by atoms with van der Waals surface area (Å²) >= 11 is 6.23. The Morgan fingerprint density at radius 1 is 1.33 bits per heavy atom. The van der Waals surface area contributed by atoms with E-state index < -0.39 is 0 Å². The summed E-state index contributed by atoms with van der Waals surface area (Å²) in [5.41, 5.74) is 9.00. The minimum absolute atomic E-state index is 0. The Bertz CT molecular complexity index is 34.0. The average Bonchev–Trinajstić information content (AvgIpc) is 1.78. The normalized spacial score (nSPS) is 2.78. The topological polar surface area (TPSA) is 52.0 Å². The van der Waals surface area contributed by atoms with Crippen LogP contribution in [-0.4, -0.2) is 25.9 Å². The van der Waals surface area contributed by atoms with Crippen LogP contribution in [-0.2, 0) is 0 Å². The first-order valence-electron chi connectivity index (χ1n) is 1.61. The third-order valence-electron chi connectivity index (χ3n) is 0. The zero-order valence-corrected chi connectivity index (χ0v) is 12.2. The zero-order chi connectivity index (χ0) is 6.71. The Labute approximate surface area is 123 Å². The van der Waals surface area contributed by atoms with Gasteiger partial charge in [-0.1, -0.05) is 12.2 Å². The maximum atomic E-state index is 4.50. The summed E-state index contributed by atoms with van der Waals surface area (Å²) in [6, 6.07) is 0. The predicted molar refractivity (Wildman–Crippen MR) is 54.8 cm³/mol. The van der Waals surface area contributed by atoms with Gasteiger partial charge in [-0.25, -0.2) is 0 Å². The number of nitrogens with two attached hydrogens (primary N) is 2. The monoisotopic (exact) mass is 285 g/mol. The second-order valence-corrected chi connectivity index (χ2v) is 1.79. The summed E-state index contributed by atoms with van der Waals surface area (Å²) in [5.74, 6) is 0. The van der Waals surface area contributed by atoms with Crippen LogP contribution in [0.4, 0.5) is 0 Å². The van der Waals surface area contributed by atoms with Crippen molar-refractivity contribution in [2.45, 2.75) is 0 Å². The van der Waals surface area contributed by atoms with Crippen molar-refractivity contribution < 1.29 is 52.8 Å². The van der Waals surface area contributed by atoms with Crippen LogP contribution < -0.4 is 62.9 Å². The first-order chi connectivity index (χ1) is 3.41. The first-order valence-corrected chi connectivity index (χ1v) is 3.33. The molecule has 51 valence electrons. The molecular formula is C3H12BIKN2S. The molecule has 3 radical (unpaired) electrons. The summed E-state index contributed by atoms with van der Waals surface area (Å²) in [4.78, 5) is 0. The molecule has 0 atom stereocenters. The van der Waals surface area contributed by atoms with Crippen molar-refractivity contribution in [1.29, 1.82) is 0 Å². The molecule has 0 saturated heterocycles. The third-order valence-corrected chi connectivity index (χ3v) is 0. The second kappa shape index (κ2) is 78.6. The molecule has 0 rings (SSSR count). The number of hydrogen-bond acceptors (Lipinski definition) is 3. The van der Waals surface area contributed by atoms with E-state index in [1.54, 1.807) is 3.37 Å². The molecule has 9 heavy (non-hydrogen) atoms. The maximum absolute atomic E-state index is 4.50. The van der Waals surface area contributed by atoms with Crippen molar-refractivity contribution >= 4 is 46.6 Å². The average molecular weight is 285 g/mol. The SMILES string of the molecule is CN.CN.S=CI.[B].[H-].[K+]. The maximum Gasteiger partial charge on any atom is 1.00 e. The van der Waals surface area contributed by atoms with E-state index in [2.05, 4.69) is 23.7 Å². The molecule has 0 aromatic rings. The van der Waals surface area contributed by atoms with Gasteiger partial charge in [-0.3, -0.25) is 0 Å². The molecule has 0 heterocycles. The van der Waals surface area contributed by atoms with Crippen LogP contribution in [0.15, 0.2) is 0 Å². The van der Waals surface area contributed by atoms with Crippen molar-refractivity contribution in [3.8, 4) is 0 Å². The largest absolute Gasteiger partial charge is 1.00 e. The molecule has 0 amide bonds. The Kier molecular flexibility index (Phi) is 263. The van der Waals surface area contributed by atoms with Gasteiger partial charge in [0.25, 0.3) is 0 Å². The summed E-state index contributed by atoms with van der Waals surface area (Å²) in [7, 11) is 3.00. The van der Waals surface area contributed by atoms with Crippen LogP contribution in [0.2, 0.25) is 0 Å². The molecule has 0 spiro atoms. The smallest absolute Gasteiger partial charge is 1.00 e. The predicted octanol–water partition coefficient (Wildman–Crippen LogP) is -2.74. The zero-order valence-electron chi connectivity index (χ0n) is 7.10. The minimum Gasteiger partial charge on any atom is -1.00 e. The Morgan fingerprint density at radius 3 is 1.33 bits per heavy atom. The van der Waals surface area contributed by atoms with Crippen molar-refractivity contribution in [3.63, 3.8) is 0 Å². The number of rotatable bonds is 0. The molecule has 0 aromatic carbocycles. The van der Waals surface area contributed by atoms with Gasteiger partial charge in [-0.05, 0) is 36.7 Å². The van der Waals surface area contributed by atoms with E-state index in [1.165, 1.54) is 14.1 Å². The standard InChI is InChI=1S/CHIS.2CH5N.B.K.H/c2-1-3;2*1-2;;;/h1H;2*2H2,1H3;;;/q;;;;+1;-1. The number of thiocarbonyl (C=S) groups is 1. The van der Waals surface area contributed by atoms with Crippen LogP contribution in [0.1, 0.15) is 1.43 Å². The van der Waals surface area contributed by atoms with E-state index in [-0.39, 0.29) is 61.2 Å². The fourth-order valence-electron chi connectivity index (χ4n) is 0. The van der Waals surface area contributed by atoms with Crippen LogP contribution in [0, 0.1) is 0 Å². The molecular weight excluding hydrogens is 273 g/mol. The van der Waals surface area contributed by atoms with Gasteiger partial charge in [0.15, 0.2) is 0 Å². The molecule has 0 unspecified atom stereocenters. The van der Waals surface area contributed by atoms with Gasteiger partial charge in [0.2, 0.25) is 0 Å². The molecule has 2 nitrogen and oxygen atoms in total. The van der Waals surface area contributed by atoms with Gasteiger partial charge >= 0.3 is 51.4 Å². The molecule has 0 aliphatic heterocycles. The fraction of sp³-hybridized carbons (Fsp3) is 0.667. The quantitative estimate of drug-likeness (QED) is 0.220. The number of halogens is 1. The van der Waals surface area contributed by atoms with Gasteiger partial charge in [0.1, 0.15) is 0 Å². The third kappa shape index (κ3) is 125. The van der Waals surface area contributed by atoms with E-state index in [0.717, 1.165) is 0 Å². The van der Waals surface area contributed by atoms with Gasteiger partial charge in [0.05, 0.1) is 0 Å². The molecule has 0 bridgehead atoms. The minimum atomic E-state index is 0. The molecule has 0 aromatic heterocycles. The first kappa shape index (κ1) is 30.1. The Morgan fingerprint density at radius 2 is 1.33 bits per heavy atom. The van der Waals surface area contributed by atoms with E-state index in [9.17, 15) is 0 Å². The molecule has 4 N–H and O–H groups in total. The van der Waals surface area contributed by atoms with Gasteiger partial charge in [-0.15, -0.1) is 0 Å².